The van der Waals surface area contributed by atoms with Crippen LogP contribution in [0.4, 0.5) is 5.69 Å². The van der Waals surface area contributed by atoms with Crippen molar-refractivity contribution in [3.05, 3.63) is 71.9 Å². The molecule has 0 unspecified atom stereocenters. The van der Waals surface area contributed by atoms with E-state index in [2.05, 4.69) is 46.3 Å². The predicted molar refractivity (Wildman–Crippen MR) is 165 cm³/mol. The summed E-state index contributed by atoms with van der Waals surface area (Å²) in [6.07, 6.45) is 5.89. The van der Waals surface area contributed by atoms with Crippen molar-refractivity contribution < 1.29 is 17.9 Å². The van der Waals surface area contributed by atoms with Crippen LogP contribution in [0, 0.1) is 0 Å². The minimum atomic E-state index is -2.98. The maximum atomic E-state index is 13.8. The summed E-state index contributed by atoms with van der Waals surface area (Å²) in [5.41, 5.74) is 7.51. The van der Waals surface area contributed by atoms with E-state index in [1.165, 1.54) is 11.8 Å². The van der Waals surface area contributed by atoms with Crippen molar-refractivity contribution in [3.63, 3.8) is 0 Å². The number of hydrogen-bond acceptors (Lipinski definition) is 6. The fourth-order valence-corrected chi connectivity index (χ4v) is 8.31. The lowest BCUT2D eigenvalue weighted by atomic mass is 9.73. The van der Waals surface area contributed by atoms with Crippen LogP contribution in [0.1, 0.15) is 36.8 Å². The highest BCUT2D eigenvalue weighted by Gasteiger charge is 2.52. The highest BCUT2D eigenvalue weighted by Crippen LogP contribution is 2.53. The lowest BCUT2D eigenvalue weighted by Gasteiger charge is -2.32. The molecule has 9 heteroatoms. The molecule has 2 fully saturated rings. The molecule has 1 amide bonds. The Labute approximate surface area is 246 Å². The number of nitrogens with zero attached hydrogens (tertiary/aromatic N) is 3. The van der Waals surface area contributed by atoms with Gasteiger partial charge in [-0.05, 0) is 55.5 Å². The smallest absolute Gasteiger partial charge is 0.237 e. The fraction of sp³-hybridized carbons (Fsp3) is 0.394. The molecule has 0 aliphatic carbocycles. The number of rotatable bonds is 5. The van der Waals surface area contributed by atoms with Gasteiger partial charge in [0, 0.05) is 49.6 Å². The number of nitrogens with one attached hydrogen (secondary N) is 1. The number of fused-ring (bicyclic) bond motifs is 4. The molecular weight excluding hydrogens is 548 g/mol. The summed E-state index contributed by atoms with van der Waals surface area (Å²) >= 11 is 0. The molecular formula is C33H36N4O4S. The minimum Gasteiger partial charge on any atom is -0.381 e. The number of likely N-dealkylation sites (N-methyl/N-ethyl adjacent to an activating group) is 1. The third-order valence-electron chi connectivity index (χ3n) is 9.55. The standard InChI is InChI=1S/C33H36N4O4S/c1-36-26-20-34-31-28(29(26)33(32(36)38)14-18-41-19-15-33)27(23-6-4-3-5-7-23)30(35-31)24-10-8-22(9-11-24)21-37-16-12-25(13-17-37)42(2,39)40/h3-11,20,25H,12-19,21H2,1-2H3,(H,34,35). The number of anilines is 1. The monoisotopic (exact) mass is 584 g/mol. The number of likely N-dealkylation sites (tertiary alicyclic amines) is 1. The zero-order chi connectivity index (χ0) is 29.1. The van der Waals surface area contributed by atoms with Gasteiger partial charge < -0.3 is 14.6 Å². The number of amides is 1. The maximum Gasteiger partial charge on any atom is 0.237 e. The Bertz CT molecular complexity index is 1750. The van der Waals surface area contributed by atoms with E-state index >= 15 is 0 Å². The lowest BCUT2D eigenvalue weighted by Crippen LogP contribution is -2.43. The lowest BCUT2D eigenvalue weighted by molar-refractivity contribution is -0.126. The second-order valence-electron chi connectivity index (χ2n) is 12.0. The van der Waals surface area contributed by atoms with E-state index in [9.17, 15) is 13.2 Å². The van der Waals surface area contributed by atoms with E-state index in [-0.39, 0.29) is 11.2 Å². The molecule has 0 radical (unpaired) electrons. The number of sulfone groups is 1. The van der Waals surface area contributed by atoms with Crippen LogP contribution in [-0.4, -0.2) is 74.0 Å². The molecule has 2 saturated heterocycles. The zero-order valence-corrected chi connectivity index (χ0v) is 24.9. The molecule has 3 aliphatic rings. The van der Waals surface area contributed by atoms with Crippen molar-refractivity contribution in [1.82, 2.24) is 14.9 Å². The topological polar surface area (TPSA) is 95.6 Å². The highest BCUT2D eigenvalue weighted by atomic mass is 32.2. The number of benzene rings is 2. The van der Waals surface area contributed by atoms with Crippen molar-refractivity contribution in [3.8, 4) is 22.4 Å². The number of hydrogen-bond donors (Lipinski definition) is 1. The number of carbonyl (C=O) groups excluding carboxylic acids is 1. The van der Waals surface area contributed by atoms with Crippen LogP contribution in [0.25, 0.3) is 33.4 Å². The third-order valence-corrected chi connectivity index (χ3v) is 11.2. The Morgan fingerprint density at radius 1 is 1.00 bits per heavy atom. The van der Waals surface area contributed by atoms with Gasteiger partial charge in [0.2, 0.25) is 5.91 Å². The van der Waals surface area contributed by atoms with Crippen LogP contribution in [0.5, 0.6) is 0 Å². The summed E-state index contributed by atoms with van der Waals surface area (Å²) in [5, 5.41) is 0.797. The van der Waals surface area contributed by atoms with Gasteiger partial charge in [-0.2, -0.15) is 0 Å². The first-order valence-electron chi connectivity index (χ1n) is 14.7. The van der Waals surface area contributed by atoms with E-state index in [1.54, 1.807) is 4.90 Å². The van der Waals surface area contributed by atoms with Gasteiger partial charge in [-0.15, -0.1) is 0 Å². The van der Waals surface area contributed by atoms with E-state index in [0.717, 1.165) is 64.3 Å². The Morgan fingerprint density at radius 3 is 2.36 bits per heavy atom. The van der Waals surface area contributed by atoms with E-state index < -0.39 is 15.3 Å². The predicted octanol–water partition coefficient (Wildman–Crippen LogP) is 4.93. The summed E-state index contributed by atoms with van der Waals surface area (Å²) in [6, 6.07) is 19.0. The molecule has 1 spiro atoms. The summed E-state index contributed by atoms with van der Waals surface area (Å²) in [4.78, 5) is 26.4. The first kappa shape index (κ1) is 27.3. The van der Waals surface area contributed by atoms with Crippen molar-refractivity contribution in [1.29, 1.82) is 0 Å². The largest absolute Gasteiger partial charge is 0.381 e. The van der Waals surface area contributed by atoms with E-state index in [1.807, 2.05) is 31.4 Å². The second kappa shape index (κ2) is 10.3. The molecule has 2 aromatic heterocycles. The molecule has 1 N–H and O–H groups in total. The molecule has 5 heterocycles. The number of carbonyl (C=O) groups is 1. The van der Waals surface area contributed by atoms with Crippen LogP contribution in [0.2, 0.25) is 0 Å². The van der Waals surface area contributed by atoms with Gasteiger partial charge in [0.15, 0.2) is 0 Å². The van der Waals surface area contributed by atoms with Crippen molar-refractivity contribution >= 4 is 32.5 Å². The molecule has 8 nitrogen and oxygen atoms in total. The van der Waals surface area contributed by atoms with Gasteiger partial charge in [0.1, 0.15) is 15.5 Å². The van der Waals surface area contributed by atoms with E-state index in [0.29, 0.717) is 38.9 Å². The molecule has 7 rings (SSSR count). The summed E-state index contributed by atoms with van der Waals surface area (Å²) in [6.45, 7) is 3.50. The summed E-state index contributed by atoms with van der Waals surface area (Å²) in [5.74, 6) is 0.127. The normalized spacial score (nSPS) is 19.6. The first-order chi connectivity index (χ1) is 20.3. The average molecular weight is 585 g/mol. The number of pyridine rings is 1. The molecule has 218 valence electrons. The van der Waals surface area contributed by atoms with Crippen molar-refractivity contribution in [2.45, 2.75) is 42.9 Å². The number of H-pyrrole nitrogens is 1. The van der Waals surface area contributed by atoms with Gasteiger partial charge >= 0.3 is 0 Å². The number of piperidine rings is 1. The molecule has 0 saturated carbocycles. The van der Waals surface area contributed by atoms with Crippen LogP contribution in [-0.2, 0) is 31.3 Å². The van der Waals surface area contributed by atoms with Crippen molar-refractivity contribution in [2.24, 2.45) is 0 Å². The highest BCUT2D eigenvalue weighted by molar-refractivity contribution is 7.91. The minimum absolute atomic E-state index is 0.127. The summed E-state index contributed by atoms with van der Waals surface area (Å²) < 4.78 is 29.6. The third kappa shape index (κ3) is 4.46. The number of ether oxygens (including phenoxy) is 1. The van der Waals surface area contributed by atoms with Gasteiger partial charge in [0.05, 0.1) is 28.2 Å². The number of aromatic amines is 1. The molecule has 0 bridgehead atoms. The van der Waals surface area contributed by atoms with Crippen molar-refractivity contribution in [2.75, 3.05) is 44.5 Å². The second-order valence-corrected chi connectivity index (χ2v) is 14.4. The average Bonchev–Trinajstić information content (AvgIpc) is 3.48. The summed E-state index contributed by atoms with van der Waals surface area (Å²) in [7, 11) is -1.12. The van der Waals surface area contributed by atoms with Crippen LogP contribution < -0.4 is 4.90 Å². The van der Waals surface area contributed by atoms with Gasteiger partial charge in [-0.1, -0.05) is 54.6 Å². The Morgan fingerprint density at radius 2 is 1.69 bits per heavy atom. The first-order valence-corrected chi connectivity index (χ1v) is 16.7. The number of aromatic nitrogens is 2. The fourth-order valence-electron chi connectivity index (χ4n) is 7.25. The molecule has 0 atom stereocenters. The Hall–Kier alpha value is -3.53. The van der Waals surface area contributed by atoms with Crippen LogP contribution >= 0.6 is 0 Å². The molecule has 4 aromatic rings. The van der Waals surface area contributed by atoms with Gasteiger partial charge in [-0.25, -0.2) is 13.4 Å². The molecule has 2 aromatic carbocycles. The van der Waals surface area contributed by atoms with Crippen LogP contribution in [0.3, 0.4) is 0 Å². The van der Waals surface area contributed by atoms with Crippen LogP contribution in [0.15, 0.2) is 60.8 Å². The zero-order valence-electron chi connectivity index (χ0n) is 24.1. The van der Waals surface area contributed by atoms with Gasteiger partial charge in [0.25, 0.3) is 0 Å². The Balaban J connectivity index is 1.29. The Kier molecular flexibility index (Phi) is 6.72. The molecule has 42 heavy (non-hydrogen) atoms. The maximum absolute atomic E-state index is 13.8. The molecule has 3 aliphatic heterocycles. The van der Waals surface area contributed by atoms with Gasteiger partial charge in [-0.3, -0.25) is 9.69 Å². The van der Waals surface area contributed by atoms with E-state index in [4.69, 9.17) is 9.72 Å². The quantitative estimate of drug-likeness (QED) is 0.358. The SMILES string of the molecule is CN1C(=O)C2(CCOCC2)c2c1cnc1[nH]c(-c3ccc(CN4CCC(S(C)(=O)=O)CC4)cc3)c(-c3ccccc3)c21.